The fourth-order valence-electron chi connectivity index (χ4n) is 3.75. The lowest BCUT2D eigenvalue weighted by molar-refractivity contribution is 0.281. The van der Waals surface area contributed by atoms with Gasteiger partial charge in [-0.1, -0.05) is 25.1 Å². The summed E-state index contributed by atoms with van der Waals surface area (Å²) < 4.78 is 0. The summed E-state index contributed by atoms with van der Waals surface area (Å²) in [5.41, 5.74) is 2.16. The number of hydrogen-bond donors (Lipinski definition) is 1. The van der Waals surface area contributed by atoms with Crippen LogP contribution in [0.25, 0.3) is 0 Å². The molecule has 2 heteroatoms. The Morgan fingerprint density at radius 1 is 1.39 bits per heavy atom. The van der Waals surface area contributed by atoms with Crippen LogP contribution in [-0.2, 0) is 0 Å². The lowest BCUT2D eigenvalue weighted by Crippen LogP contribution is -2.24. The molecule has 0 radical (unpaired) electrons. The highest BCUT2D eigenvalue weighted by Gasteiger charge is 2.38. The molecule has 0 aromatic heterocycles. The van der Waals surface area contributed by atoms with Crippen LogP contribution in [0.3, 0.4) is 0 Å². The van der Waals surface area contributed by atoms with Gasteiger partial charge in [0.1, 0.15) is 0 Å². The van der Waals surface area contributed by atoms with Gasteiger partial charge >= 0.3 is 0 Å². The minimum absolute atomic E-state index is 0.552. The third kappa shape index (κ3) is 2.33. The Morgan fingerprint density at radius 2 is 2.22 bits per heavy atom. The third-order valence-corrected chi connectivity index (χ3v) is 6.03. The van der Waals surface area contributed by atoms with Gasteiger partial charge in [-0.2, -0.15) is 0 Å². The van der Waals surface area contributed by atoms with Crippen molar-refractivity contribution in [3.8, 4) is 0 Å². The number of benzene rings is 1. The Balaban J connectivity index is 1.71. The van der Waals surface area contributed by atoms with Crippen molar-refractivity contribution in [1.82, 2.24) is 5.32 Å². The van der Waals surface area contributed by atoms with E-state index >= 15 is 0 Å². The number of fused-ring (bicyclic) bond motifs is 1. The van der Waals surface area contributed by atoms with Crippen molar-refractivity contribution in [2.24, 2.45) is 5.41 Å². The Morgan fingerprint density at radius 3 is 3.00 bits per heavy atom. The van der Waals surface area contributed by atoms with E-state index in [-0.39, 0.29) is 0 Å². The maximum Gasteiger partial charge on any atom is 0.0107 e. The third-order valence-electron chi connectivity index (χ3n) is 4.78. The molecule has 1 aromatic rings. The van der Waals surface area contributed by atoms with Crippen LogP contribution in [0.5, 0.6) is 0 Å². The molecule has 3 atom stereocenters. The molecule has 18 heavy (non-hydrogen) atoms. The highest BCUT2D eigenvalue weighted by atomic mass is 32.2. The summed E-state index contributed by atoms with van der Waals surface area (Å²) in [6.07, 6.45) is 5.47. The van der Waals surface area contributed by atoms with Crippen LogP contribution in [0.15, 0.2) is 29.2 Å². The van der Waals surface area contributed by atoms with E-state index in [0.717, 1.165) is 12.0 Å². The first-order valence-corrected chi connectivity index (χ1v) is 8.08. The van der Waals surface area contributed by atoms with Gasteiger partial charge in [0.05, 0.1) is 0 Å². The minimum Gasteiger partial charge on any atom is -0.317 e. The van der Waals surface area contributed by atoms with Gasteiger partial charge in [-0.3, -0.25) is 0 Å². The van der Waals surface area contributed by atoms with Crippen LogP contribution in [0.2, 0.25) is 0 Å². The normalized spacial score (nSPS) is 34.8. The molecule has 1 fully saturated rings. The highest BCUT2D eigenvalue weighted by molar-refractivity contribution is 7.99. The zero-order valence-corrected chi connectivity index (χ0v) is 12.2. The van der Waals surface area contributed by atoms with Gasteiger partial charge in [-0.15, -0.1) is 11.8 Å². The molecule has 1 aromatic carbocycles. The van der Waals surface area contributed by atoms with Crippen molar-refractivity contribution in [2.45, 2.75) is 49.5 Å². The predicted octanol–water partition coefficient (Wildman–Crippen LogP) is 4.04. The largest absolute Gasteiger partial charge is 0.317 e. The molecule has 3 unspecified atom stereocenters. The Labute approximate surface area is 115 Å². The average molecular weight is 261 g/mol. The zero-order valence-electron chi connectivity index (χ0n) is 11.4. The SMILES string of the molecule is CNC1CCC(C)(CC2CSc3ccccc32)C1. The molecular formula is C16H23NS. The molecule has 3 rings (SSSR count). The lowest BCUT2D eigenvalue weighted by atomic mass is 9.78. The smallest absolute Gasteiger partial charge is 0.0107 e. The topological polar surface area (TPSA) is 12.0 Å². The van der Waals surface area contributed by atoms with Gasteiger partial charge in [0.15, 0.2) is 0 Å². The Bertz CT molecular complexity index is 431. The molecular weight excluding hydrogens is 238 g/mol. The summed E-state index contributed by atoms with van der Waals surface area (Å²) in [6, 6.07) is 9.74. The number of hydrogen-bond acceptors (Lipinski definition) is 2. The maximum absolute atomic E-state index is 3.46. The summed E-state index contributed by atoms with van der Waals surface area (Å²) >= 11 is 2.05. The van der Waals surface area contributed by atoms with Crippen molar-refractivity contribution in [3.63, 3.8) is 0 Å². The molecule has 1 N–H and O–H groups in total. The van der Waals surface area contributed by atoms with E-state index < -0.39 is 0 Å². The predicted molar refractivity (Wildman–Crippen MR) is 79.3 cm³/mol. The molecule has 1 aliphatic heterocycles. The van der Waals surface area contributed by atoms with E-state index in [4.69, 9.17) is 0 Å². The van der Waals surface area contributed by atoms with Crippen LogP contribution in [0.1, 0.15) is 44.1 Å². The number of thioether (sulfide) groups is 1. The van der Waals surface area contributed by atoms with Crippen molar-refractivity contribution in [1.29, 1.82) is 0 Å². The molecule has 1 saturated carbocycles. The summed E-state index contributed by atoms with van der Waals surface area (Å²) in [5.74, 6) is 2.07. The van der Waals surface area contributed by atoms with Gasteiger partial charge in [0, 0.05) is 16.7 Å². The standard InChI is InChI=1S/C16H23NS/c1-16(8-7-13(10-16)17-2)9-12-11-18-15-6-4-3-5-14(12)15/h3-6,12-13,17H,7-11H2,1-2H3. The van der Waals surface area contributed by atoms with E-state index in [1.54, 1.807) is 5.56 Å². The van der Waals surface area contributed by atoms with Gasteiger partial charge in [-0.05, 0) is 55.7 Å². The van der Waals surface area contributed by atoms with Gasteiger partial charge in [0.25, 0.3) is 0 Å². The molecule has 0 bridgehead atoms. The first kappa shape index (κ1) is 12.6. The van der Waals surface area contributed by atoms with Crippen LogP contribution in [-0.4, -0.2) is 18.8 Å². The first-order valence-electron chi connectivity index (χ1n) is 7.09. The second-order valence-corrected chi connectivity index (χ2v) is 7.35. The minimum atomic E-state index is 0.552. The molecule has 1 nitrogen and oxygen atoms in total. The van der Waals surface area contributed by atoms with E-state index in [2.05, 4.69) is 43.6 Å². The monoisotopic (exact) mass is 261 g/mol. The second kappa shape index (κ2) is 4.90. The molecule has 1 aliphatic carbocycles. The zero-order chi connectivity index (χ0) is 12.6. The van der Waals surface area contributed by atoms with E-state index in [1.165, 1.54) is 36.3 Å². The molecule has 0 amide bonds. The second-order valence-electron chi connectivity index (χ2n) is 6.29. The van der Waals surface area contributed by atoms with E-state index in [0.29, 0.717) is 5.41 Å². The molecule has 1 heterocycles. The van der Waals surface area contributed by atoms with Crippen molar-refractivity contribution < 1.29 is 0 Å². The summed E-state index contributed by atoms with van der Waals surface area (Å²) in [4.78, 5) is 1.52. The van der Waals surface area contributed by atoms with Crippen LogP contribution < -0.4 is 5.32 Å². The van der Waals surface area contributed by atoms with Crippen molar-refractivity contribution in [2.75, 3.05) is 12.8 Å². The maximum atomic E-state index is 3.46. The van der Waals surface area contributed by atoms with Crippen LogP contribution in [0.4, 0.5) is 0 Å². The number of nitrogens with one attached hydrogen (secondary N) is 1. The number of rotatable bonds is 3. The average Bonchev–Trinajstić information content (AvgIpc) is 2.95. The molecule has 0 saturated heterocycles. The highest BCUT2D eigenvalue weighted by Crippen LogP contribution is 2.49. The fraction of sp³-hybridized carbons (Fsp3) is 0.625. The quantitative estimate of drug-likeness (QED) is 0.881. The lowest BCUT2D eigenvalue weighted by Gasteiger charge is -2.28. The van der Waals surface area contributed by atoms with E-state index in [1.807, 2.05) is 11.8 Å². The van der Waals surface area contributed by atoms with Crippen LogP contribution >= 0.6 is 11.8 Å². The van der Waals surface area contributed by atoms with Crippen LogP contribution in [0, 0.1) is 5.41 Å². The van der Waals surface area contributed by atoms with Gasteiger partial charge in [-0.25, -0.2) is 0 Å². The first-order chi connectivity index (χ1) is 8.70. The summed E-state index contributed by atoms with van der Waals surface area (Å²) in [6.45, 7) is 2.50. The molecule has 0 spiro atoms. The van der Waals surface area contributed by atoms with Crippen molar-refractivity contribution >= 4 is 11.8 Å². The summed E-state index contributed by atoms with van der Waals surface area (Å²) in [5, 5.41) is 3.46. The van der Waals surface area contributed by atoms with Gasteiger partial charge in [0.2, 0.25) is 0 Å². The Hall–Kier alpha value is -0.470. The summed E-state index contributed by atoms with van der Waals surface area (Å²) in [7, 11) is 2.11. The van der Waals surface area contributed by atoms with E-state index in [9.17, 15) is 0 Å². The molecule has 2 aliphatic rings. The molecule has 98 valence electrons. The Kier molecular flexibility index (Phi) is 3.42. The van der Waals surface area contributed by atoms with Gasteiger partial charge < -0.3 is 5.32 Å². The van der Waals surface area contributed by atoms with Crippen molar-refractivity contribution in [3.05, 3.63) is 29.8 Å². The fourth-order valence-corrected chi connectivity index (χ4v) is 5.00.